The second-order valence-corrected chi connectivity index (χ2v) is 7.37. The van der Waals surface area contributed by atoms with Crippen LogP contribution in [-0.2, 0) is 0 Å². The molecule has 0 spiro atoms. The molecule has 0 saturated carbocycles. The summed E-state index contributed by atoms with van der Waals surface area (Å²) in [6, 6.07) is 10.4. The van der Waals surface area contributed by atoms with E-state index in [0.29, 0.717) is 11.4 Å². The summed E-state index contributed by atoms with van der Waals surface area (Å²) < 4.78 is 46.7. The quantitative estimate of drug-likeness (QED) is 0.247. The van der Waals surface area contributed by atoms with Gasteiger partial charge in [-0.2, -0.15) is 13.2 Å². The van der Waals surface area contributed by atoms with E-state index in [1.807, 2.05) is 32.9 Å². The minimum absolute atomic E-state index is 0.184. The van der Waals surface area contributed by atoms with Crippen molar-refractivity contribution in [3.63, 3.8) is 0 Å². The summed E-state index contributed by atoms with van der Waals surface area (Å²) in [5.74, 6) is -0.127. The van der Waals surface area contributed by atoms with Crippen LogP contribution in [0.5, 0.6) is 5.75 Å². The lowest BCUT2D eigenvalue weighted by Gasteiger charge is -2.16. The first kappa shape index (κ1) is 22.5. The average Bonchev–Trinajstić information content (AvgIpc) is 2.58. The third-order valence-corrected chi connectivity index (χ3v) is 4.32. The first-order valence-electron chi connectivity index (χ1n) is 8.56. The maximum atomic E-state index is 13.4. The van der Waals surface area contributed by atoms with Gasteiger partial charge in [0.15, 0.2) is 5.96 Å². The maximum absolute atomic E-state index is 13.4. The van der Waals surface area contributed by atoms with Gasteiger partial charge in [-0.25, -0.2) is 4.99 Å². The Morgan fingerprint density at radius 3 is 2.21 bits per heavy atom. The number of allylic oxidation sites excluding steroid dienone is 2. The summed E-state index contributed by atoms with van der Waals surface area (Å²) in [6.07, 6.45) is -3.95. The Morgan fingerprint density at radius 2 is 1.69 bits per heavy atom. The Morgan fingerprint density at radius 1 is 1.14 bits per heavy atom. The molecule has 154 valence electrons. The lowest BCUT2D eigenvalue weighted by atomic mass is 10.1. The van der Waals surface area contributed by atoms with Gasteiger partial charge < -0.3 is 15.8 Å². The predicted octanol–water partition coefficient (Wildman–Crippen LogP) is 5.95. The predicted molar refractivity (Wildman–Crippen MR) is 113 cm³/mol. The highest BCUT2D eigenvalue weighted by atomic mass is 79.9. The zero-order valence-electron chi connectivity index (χ0n) is 16.2. The second kappa shape index (κ2) is 9.17. The maximum Gasteiger partial charge on any atom is 0.431 e. The summed E-state index contributed by atoms with van der Waals surface area (Å²) in [6.45, 7) is 9.15. The summed E-state index contributed by atoms with van der Waals surface area (Å²) in [5.41, 5.74) is 7.55. The largest absolute Gasteiger partial charge is 0.457 e. The minimum Gasteiger partial charge on any atom is -0.457 e. The Kier molecular flexibility index (Phi) is 7.13. The van der Waals surface area contributed by atoms with E-state index in [9.17, 15) is 13.2 Å². The first-order chi connectivity index (χ1) is 13.5. The van der Waals surface area contributed by atoms with Crippen molar-refractivity contribution in [3.8, 4) is 5.75 Å². The van der Waals surface area contributed by atoms with Gasteiger partial charge in [0.05, 0.1) is 5.69 Å². The monoisotopic (exact) mass is 467 g/mol. The molecule has 0 saturated heterocycles. The Hall–Kier alpha value is -2.74. The minimum atomic E-state index is -4.70. The number of aryl methyl sites for hydroxylation is 3. The number of halogens is 4. The molecule has 0 bridgehead atoms. The number of aliphatic imine (C=N–C) groups is 1. The molecular weight excluding hydrogens is 447 g/mol. The van der Waals surface area contributed by atoms with Crippen molar-refractivity contribution in [1.29, 1.82) is 0 Å². The van der Waals surface area contributed by atoms with Crippen molar-refractivity contribution in [1.82, 2.24) is 5.32 Å². The number of guanidine groups is 1. The molecule has 8 heteroatoms. The topological polar surface area (TPSA) is 59.6 Å². The van der Waals surface area contributed by atoms with Gasteiger partial charge in [0.1, 0.15) is 17.2 Å². The molecule has 2 aromatic carbocycles. The van der Waals surface area contributed by atoms with E-state index in [1.165, 1.54) is 0 Å². The number of alkyl halides is 3. The van der Waals surface area contributed by atoms with Gasteiger partial charge in [0.25, 0.3) is 0 Å². The van der Waals surface area contributed by atoms with E-state index in [0.717, 1.165) is 27.2 Å². The van der Waals surface area contributed by atoms with Gasteiger partial charge in [-0.3, -0.25) is 0 Å². The van der Waals surface area contributed by atoms with Crippen LogP contribution in [0.1, 0.15) is 16.7 Å². The lowest BCUT2D eigenvalue weighted by molar-refractivity contribution is -0.0950. The molecule has 0 aliphatic carbocycles. The molecule has 0 radical (unpaired) electrons. The van der Waals surface area contributed by atoms with Gasteiger partial charge >= 0.3 is 6.18 Å². The zero-order valence-corrected chi connectivity index (χ0v) is 17.8. The fourth-order valence-electron chi connectivity index (χ4n) is 2.66. The van der Waals surface area contributed by atoms with E-state index in [-0.39, 0.29) is 5.76 Å². The molecule has 0 unspecified atom stereocenters. The molecule has 0 atom stereocenters. The lowest BCUT2D eigenvalue weighted by Crippen LogP contribution is -2.36. The highest BCUT2D eigenvalue weighted by molar-refractivity contribution is 9.10. The smallest absolute Gasteiger partial charge is 0.431 e. The highest BCUT2D eigenvalue weighted by Gasteiger charge is 2.34. The van der Waals surface area contributed by atoms with Gasteiger partial charge in [-0.1, -0.05) is 40.2 Å². The van der Waals surface area contributed by atoms with Crippen molar-refractivity contribution in [2.75, 3.05) is 0 Å². The van der Waals surface area contributed by atoms with E-state index in [4.69, 9.17) is 10.5 Å². The van der Waals surface area contributed by atoms with E-state index in [1.54, 1.807) is 24.3 Å². The van der Waals surface area contributed by atoms with Crippen LogP contribution >= 0.6 is 15.9 Å². The van der Waals surface area contributed by atoms with Crippen LogP contribution in [0.3, 0.4) is 0 Å². The third-order valence-electron chi connectivity index (χ3n) is 3.79. The molecule has 0 amide bonds. The average molecular weight is 468 g/mol. The second-order valence-electron chi connectivity index (χ2n) is 6.45. The Balaban J connectivity index is 2.24. The van der Waals surface area contributed by atoms with Crippen molar-refractivity contribution < 1.29 is 17.9 Å². The number of rotatable bonds is 5. The zero-order chi connectivity index (χ0) is 21.8. The summed E-state index contributed by atoms with van der Waals surface area (Å²) in [4.78, 5) is 3.93. The molecule has 29 heavy (non-hydrogen) atoms. The van der Waals surface area contributed by atoms with Crippen molar-refractivity contribution >= 4 is 27.6 Å². The third kappa shape index (κ3) is 6.67. The van der Waals surface area contributed by atoms with E-state index >= 15 is 0 Å². The number of benzene rings is 2. The SMILES string of the molecule is C=C(/C=C(\NC(N)=Nc1ccc(Br)cc1)C(F)(F)F)Oc1c(C)cc(C)cc1C. The highest BCUT2D eigenvalue weighted by Crippen LogP contribution is 2.29. The van der Waals surface area contributed by atoms with E-state index in [2.05, 4.69) is 32.8 Å². The Bertz CT molecular complexity index is 941. The van der Waals surface area contributed by atoms with Crippen LogP contribution in [0.2, 0.25) is 0 Å². The van der Waals surface area contributed by atoms with Crippen molar-refractivity contribution in [2.24, 2.45) is 10.7 Å². The van der Waals surface area contributed by atoms with Gasteiger partial charge in [0, 0.05) is 10.5 Å². The molecule has 0 heterocycles. The standard InChI is InChI=1S/C21H21BrF3N3O/c1-12-9-13(2)19(14(3)10-12)29-15(4)11-18(21(23,24)25)28-20(26)27-17-7-5-16(22)6-8-17/h5-11H,4H2,1-3H3,(H3,26,27,28)/b18-11-. The number of hydrogen-bond donors (Lipinski definition) is 2. The molecule has 3 N–H and O–H groups in total. The molecule has 0 fully saturated rings. The van der Waals surface area contributed by atoms with Crippen LogP contribution in [0.4, 0.5) is 18.9 Å². The first-order valence-corrected chi connectivity index (χ1v) is 9.35. The number of nitrogens with two attached hydrogens (primary N) is 1. The van der Waals surface area contributed by atoms with Gasteiger partial charge in [-0.15, -0.1) is 0 Å². The Labute approximate surface area is 176 Å². The van der Waals surface area contributed by atoms with Gasteiger partial charge in [0.2, 0.25) is 0 Å². The molecular formula is C21H21BrF3N3O. The number of nitrogens with zero attached hydrogens (tertiary/aromatic N) is 1. The van der Waals surface area contributed by atoms with Crippen LogP contribution in [-0.4, -0.2) is 12.1 Å². The van der Waals surface area contributed by atoms with E-state index < -0.39 is 17.8 Å². The van der Waals surface area contributed by atoms with Crippen LogP contribution in [0.15, 0.2) is 70.0 Å². The number of nitrogens with one attached hydrogen (secondary N) is 1. The number of ether oxygens (including phenoxy) is 1. The normalized spacial score (nSPS) is 12.7. The van der Waals surface area contributed by atoms with Crippen molar-refractivity contribution in [3.05, 3.63) is 81.7 Å². The molecule has 2 rings (SSSR count). The van der Waals surface area contributed by atoms with Crippen LogP contribution in [0.25, 0.3) is 0 Å². The number of hydrogen-bond acceptors (Lipinski definition) is 2. The fourth-order valence-corrected chi connectivity index (χ4v) is 2.92. The molecule has 0 aromatic heterocycles. The summed E-state index contributed by atoms with van der Waals surface area (Å²) in [7, 11) is 0. The molecule has 0 aliphatic rings. The molecule has 0 aliphatic heterocycles. The van der Waals surface area contributed by atoms with Crippen LogP contribution in [0, 0.1) is 20.8 Å². The van der Waals surface area contributed by atoms with Crippen molar-refractivity contribution in [2.45, 2.75) is 26.9 Å². The summed E-state index contributed by atoms with van der Waals surface area (Å²) in [5, 5.41) is 2.09. The van der Waals surface area contributed by atoms with Crippen LogP contribution < -0.4 is 15.8 Å². The molecule has 4 nitrogen and oxygen atoms in total. The fraction of sp³-hybridized carbons (Fsp3) is 0.190. The summed E-state index contributed by atoms with van der Waals surface area (Å²) >= 11 is 3.27. The molecule has 2 aromatic rings. The van der Waals surface area contributed by atoms with Gasteiger partial charge in [-0.05, 0) is 56.2 Å².